The number of fused-ring (bicyclic) bond motifs is 1. The van der Waals surface area contributed by atoms with Gasteiger partial charge in [-0.2, -0.15) is 0 Å². The van der Waals surface area contributed by atoms with E-state index in [1.807, 2.05) is 6.20 Å². The van der Waals surface area contributed by atoms with Crippen molar-refractivity contribution >= 4 is 27.4 Å². The first kappa shape index (κ1) is 12.0. The van der Waals surface area contributed by atoms with Crippen molar-refractivity contribution in [3.05, 3.63) is 29.1 Å². The maximum Gasteiger partial charge on any atom is 0.156 e. The van der Waals surface area contributed by atoms with Crippen LogP contribution in [0.3, 0.4) is 0 Å². The summed E-state index contributed by atoms with van der Waals surface area (Å²) in [6, 6.07) is 2.68. The van der Waals surface area contributed by atoms with Crippen molar-refractivity contribution in [3.8, 4) is 0 Å². The van der Waals surface area contributed by atoms with E-state index in [9.17, 15) is 0 Å². The van der Waals surface area contributed by atoms with Crippen molar-refractivity contribution < 1.29 is 0 Å². The predicted octanol–water partition coefficient (Wildman–Crippen LogP) is 2.32. The van der Waals surface area contributed by atoms with Crippen LogP contribution in [0.15, 0.2) is 29.1 Å². The monoisotopic (exact) mass is 308 g/mol. The van der Waals surface area contributed by atoms with Crippen LogP contribution in [-0.2, 0) is 0 Å². The van der Waals surface area contributed by atoms with Crippen molar-refractivity contribution in [2.45, 2.75) is 18.9 Å². The van der Waals surface area contributed by atoms with Crippen LogP contribution in [0.2, 0.25) is 0 Å². The summed E-state index contributed by atoms with van der Waals surface area (Å²) < 4.78 is 1.02. The van der Waals surface area contributed by atoms with Gasteiger partial charge in [0.05, 0.1) is 5.69 Å². The van der Waals surface area contributed by atoms with Crippen LogP contribution in [0.4, 0.5) is 11.5 Å². The SMILES string of the molecule is CN1C=CN(C2CCNCC2)c2ncc(Br)cc21. The third-order valence-corrected chi connectivity index (χ3v) is 4.03. The molecule has 1 aromatic heterocycles. The second kappa shape index (κ2) is 4.90. The minimum atomic E-state index is 0.559. The Hall–Kier alpha value is -1.07. The molecular weight excluding hydrogens is 292 g/mol. The largest absolute Gasteiger partial charge is 0.347 e. The van der Waals surface area contributed by atoms with Crippen molar-refractivity contribution in [2.24, 2.45) is 0 Å². The lowest BCUT2D eigenvalue weighted by molar-refractivity contribution is 0.447. The molecule has 2 aliphatic rings. The standard InChI is InChI=1S/C13H17BrN4/c1-17-6-7-18(11-2-4-15-5-3-11)13-12(17)8-10(14)9-16-13/h6-9,11,15H,2-5H2,1H3. The Kier molecular flexibility index (Phi) is 3.26. The molecule has 1 aromatic rings. The highest BCUT2D eigenvalue weighted by atomic mass is 79.9. The molecule has 0 radical (unpaired) electrons. The zero-order valence-electron chi connectivity index (χ0n) is 10.4. The minimum Gasteiger partial charge on any atom is -0.347 e. The maximum absolute atomic E-state index is 4.59. The fourth-order valence-corrected chi connectivity index (χ4v) is 2.90. The lowest BCUT2D eigenvalue weighted by Crippen LogP contribution is -2.42. The van der Waals surface area contributed by atoms with Crippen LogP contribution in [0, 0.1) is 0 Å². The van der Waals surface area contributed by atoms with E-state index in [0.29, 0.717) is 6.04 Å². The summed E-state index contributed by atoms with van der Waals surface area (Å²) in [6.45, 7) is 2.19. The number of aromatic nitrogens is 1. The van der Waals surface area contributed by atoms with Crippen LogP contribution >= 0.6 is 15.9 Å². The minimum absolute atomic E-state index is 0.559. The number of hydrogen-bond acceptors (Lipinski definition) is 4. The molecule has 0 saturated carbocycles. The molecule has 0 spiro atoms. The first-order valence-corrected chi connectivity index (χ1v) is 7.11. The highest BCUT2D eigenvalue weighted by Crippen LogP contribution is 2.35. The van der Waals surface area contributed by atoms with Gasteiger partial charge in [-0.3, -0.25) is 0 Å². The van der Waals surface area contributed by atoms with Crippen molar-refractivity contribution in [1.29, 1.82) is 0 Å². The Bertz CT molecular complexity index is 468. The van der Waals surface area contributed by atoms with Crippen molar-refractivity contribution in [2.75, 3.05) is 29.9 Å². The number of halogens is 1. The molecule has 3 heterocycles. The molecule has 4 nitrogen and oxygen atoms in total. The number of anilines is 2. The highest BCUT2D eigenvalue weighted by molar-refractivity contribution is 9.10. The van der Waals surface area contributed by atoms with Gasteiger partial charge in [0.1, 0.15) is 0 Å². The lowest BCUT2D eigenvalue weighted by Gasteiger charge is -2.37. The number of pyridine rings is 1. The Morgan fingerprint density at radius 1 is 1.33 bits per heavy atom. The molecule has 0 amide bonds. The van der Waals surface area contributed by atoms with Gasteiger partial charge in [0.25, 0.3) is 0 Å². The van der Waals surface area contributed by atoms with Gasteiger partial charge in [-0.1, -0.05) is 0 Å². The van der Waals surface area contributed by atoms with E-state index in [-0.39, 0.29) is 0 Å². The summed E-state index contributed by atoms with van der Waals surface area (Å²) in [7, 11) is 2.06. The van der Waals surface area contributed by atoms with E-state index in [1.165, 1.54) is 12.8 Å². The average molecular weight is 309 g/mol. The summed E-state index contributed by atoms with van der Waals surface area (Å²) in [5, 5.41) is 3.41. The van der Waals surface area contributed by atoms with E-state index >= 15 is 0 Å². The van der Waals surface area contributed by atoms with Gasteiger partial charge in [-0.15, -0.1) is 0 Å². The summed E-state index contributed by atoms with van der Waals surface area (Å²) in [5.74, 6) is 1.06. The summed E-state index contributed by atoms with van der Waals surface area (Å²) in [6.07, 6.45) is 8.48. The molecule has 1 saturated heterocycles. The van der Waals surface area contributed by atoms with Crippen molar-refractivity contribution in [1.82, 2.24) is 10.3 Å². The molecule has 1 N–H and O–H groups in total. The molecule has 96 valence electrons. The Balaban J connectivity index is 1.95. The third-order valence-electron chi connectivity index (χ3n) is 3.59. The van der Waals surface area contributed by atoms with E-state index in [4.69, 9.17) is 0 Å². The Labute approximate surface area is 116 Å². The number of piperidine rings is 1. The number of rotatable bonds is 1. The van der Waals surface area contributed by atoms with Crippen molar-refractivity contribution in [3.63, 3.8) is 0 Å². The van der Waals surface area contributed by atoms with Gasteiger partial charge in [0.15, 0.2) is 5.82 Å². The summed E-state index contributed by atoms with van der Waals surface area (Å²) in [4.78, 5) is 9.03. The topological polar surface area (TPSA) is 31.4 Å². The van der Waals surface area contributed by atoms with Crippen LogP contribution in [0.25, 0.3) is 0 Å². The van der Waals surface area contributed by atoms with E-state index < -0.39 is 0 Å². The molecule has 5 heteroatoms. The zero-order chi connectivity index (χ0) is 12.5. The number of nitrogens with zero attached hydrogens (tertiary/aromatic N) is 3. The van der Waals surface area contributed by atoms with Gasteiger partial charge in [-0.05, 0) is 47.9 Å². The second-order valence-corrected chi connectivity index (χ2v) is 5.71. The van der Waals surface area contributed by atoms with Gasteiger partial charge >= 0.3 is 0 Å². The molecular formula is C13H17BrN4. The fraction of sp³-hybridized carbons (Fsp3) is 0.462. The normalized spacial score (nSPS) is 20.1. The third kappa shape index (κ3) is 2.12. The van der Waals surface area contributed by atoms with Crippen LogP contribution in [-0.4, -0.2) is 31.2 Å². The molecule has 0 aliphatic carbocycles. The fourth-order valence-electron chi connectivity index (χ4n) is 2.58. The summed E-state index contributed by atoms with van der Waals surface area (Å²) >= 11 is 3.49. The van der Waals surface area contributed by atoms with Gasteiger partial charge in [0, 0.05) is 36.2 Å². The van der Waals surface area contributed by atoms with E-state index in [0.717, 1.165) is 29.1 Å². The molecule has 2 aliphatic heterocycles. The van der Waals surface area contributed by atoms with Gasteiger partial charge in [0.2, 0.25) is 0 Å². The zero-order valence-corrected chi connectivity index (χ0v) is 12.0. The Morgan fingerprint density at radius 3 is 2.89 bits per heavy atom. The molecule has 0 atom stereocenters. The van der Waals surface area contributed by atoms with Crippen LogP contribution < -0.4 is 15.1 Å². The average Bonchev–Trinajstić information content (AvgIpc) is 2.41. The summed E-state index contributed by atoms with van der Waals surface area (Å²) in [5.41, 5.74) is 1.16. The lowest BCUT2D eigenvalue weighted by atomic mass is 10.0. The van der Waals surface area contributed by atoms with Gasteiger partial charge in [-0.25, -0.2) is 4.98 Å². The molecule has 0 bridgehead atoms. The Morgan fingerprint density at radius 2 is 2.11 bits per heavy atom. The second-order valence-electron chi connectivity index (χ2n) is 4.79. The van der Waals surface area contributed by atoms with Crippen LogP contribution in [0.1, 0.15) is 12.8 Å². The van der Waals surface area contributed by atoms with E-state index in [1.54, 1.807) is 0 Å². The van der Waals surface area contributed by atoms with E-state index in [2.05, 4.69) is 61.5 Å². The number of nitrogens with one attached hydrogen (secondary N) is 1. The smallest absolute Gasteiger partial charge is 0.156 e. The predicted molar refractivity (Wildman–Crippen MR) is 77.9 cm³/mol. The van der Waals surface area contributed by atoms with Gasteiger partial charge < -0.3 is 15.1 Å². The maximum atomic E-state index is 4.59. The first-order valence-electron chi connectivity index (χ1n) is 6.31. The highest BCUT2D eigenvalue weighted by Gasteiger charge is 2.26. The molecule has 1 fully saturated rings. The molecule has 0 aromatic carbocycles. The van der Waals surface area contributed by atoms with Crippen LogP contribution in [0.5, 0.6) is 0 Å². The molecule has 0 unspecified atom stereocenters. The quantitative estimate of drug-likeness (QED) is 0.863. The first-order chi connectivity index (χ1) is 8.75. The molecule has 18 heavy (non-hydrogen) atoms. The molecule has 3 rings (SSSR count). The number of hydrogen-bond donors (Lipinski definition) is 1.